The van der Waals surface area contributed by atoms with Crippen molar-refractivity contribution in [1.82, 2.24) is 9.97 Å². The number of ether oxygens (including phenoxy) is 1. The number of aryl methyl sites for hydroxylation is 1. The zero-order chi connectivity index (χ0) is 10.5. The molecule has 0 aliphatic heterocycles. The zero-order valence-corrected chi connectivity index (χ0v) is 8.81. The Balaban J connectivity index is 2.16. The van der Waals surface area contributed by atoms with E-state index in [-0.39, 0.29) is 0 Å². The lowest BCUT2D eigenvalue weighted by molar-refractivity contribution is 0.194. The normalized spacial score (nSPS) is 10.7. The van der Waals surface area contributed by atoms with Crippen molar-refractivity contribution in [3.8, 4) is 0 Å². The first-order chi connectivity index (χ1) is 7.40. The highest BCUT2D eigenvalue weighted by Gasteiger charge is 1.98. The molecule has 1 aromatic carbocycles. The van der Waals surface area contributed by atoms with Crippen LogP contribution in [-0.4, -0.2) is 23.7 Å². The van der Waals surface area contributed by atoms with Crippen molar-refractivity contribution in [3.05, 3.63) is 36.3 Å². The number of para-hydroxylation sites is 1. The molecule has 0 bridgehead atoms. The molecule has 3 nitrogen and oxygen atoms in total. The van der Waals surface area contributed by atoms with Gasteiger partial charge in [0.25, 0.3) is 0 Å². The largest absolute Gasteiger partial charge is 0.385 e. The van der Waals surface area contributed by atoms with E-state index in [0.29, 0.717) is 0 Å². The van der Waals surface area contributed by atoms with Gasteiger partial charge >= 0.3 is 0 Å². The molecule has 0 radical (unpaired) electrons. The Morgan fingerprint density at radius 3 is 3.00 bits per heavy atom. The van der Waals surface area contributed by atoms with Crippen LogP contribution in [-0.2, 0) is 11.2 Å². The van der Waals surface area contributed by atoms with Gasteiger partial charge in [-0.15, -0.1) is 0 Å². The van der Waals surface area contributed by atoms with Gasteiger partial charge in [0.15, 0.2) is 0 Å². The van der Waals surface area contributed by atoms with E-state index >= 15 is 0 Å². The second-order valence-corrected chi connectivity index (χ2v) is 3.44. The Kier molecular flexibility index (Phi) is 3.25. The maximum absolute atomic E-state index is 5.00. The number of nitrogens with zero attached hydrogens (tertiary/aromatic N) is 2. The standard InChI is InChI=1S/C12H14N2O/c1-15-8-4-7-12-13-9-10-5-2-3-6-11(10)14-12/h2-3,5-6,9H,4,7-8H2,1H3. The van der Waals surface area contributed by atoms with E-state index in [9.17, 15) is 0 Å². The van der Waals surface area contributed by atoms with Crippen LogP contribution in [0.3, 0.4) is 0 Å². The molecule has 0 amide bonds. The molecule has 1 aromatic heterocycles. The average Bonchev–Trinajstić information content (AvgIpc) is 2.29. The molecule has 0 aliphatic carbocycles. The Labute approximate surface area is 89.1 Å². The van der Waals surface area contributed by atoms with Crippen molar-refractivity contribution in [2.24, 2.45) is 0 Å². The molecule has 0 saturated carbocycles. The summed E-state index contributed by atoms with van der Waals surface area (Å²) < 4.78 is 5.00. The lowest BCUT2D eigenvalue weighted by atomic mass is 10.2. The minimum atomic E-state index is 0.760. The highest BCUT2D eigenvalue weighted by molar-refractivity contribution is 5.77. The highest BCUT2D eigenvalue weighted by Crippen LogP contribution is 2.10. The van der Waals surface area contributed by atoms with Gasteiger partial charge in [-0.2, -0.15) is 0 Å². The van der Waals surface area contributed by atoms with Crippen LogP contribution in [0.5, 0.6) is 0 Å². The van der Waals surface area contributed by atoms with Crippen LogP contribution in [0.2, 0.25) is 0 Å². The van der Waals surface area contributed by atoms with Gasteiger partial charge in [0.05, 0.1) is 5.52 Å². The van der Waals surface area contributed by atoms with Crippen LogP contribution in [0.4, 0.5) is 0 Å². The van der Waals surface area contributed by atoms with Crippen molar-refractivity contribution in [3.63, 3.8) is 0 Å². The first kappa shape index (κ1) is 10.1. The molecule has 0 atom stereocenters. The van der Waals surface area contributed by atoms with Crippen molar-refractivity contribution in [2.75, 3.05) is 13.7 Å². The third kappa shape index (κ3) is 2.50. The maximum Gasteiger partial charge on any atom is 0.129 e. The fourth-order valence-electron chi connectivity index (χ4n) is 1.51. The first-order valence-corrected chi connectivity index (χ1v) is 5.10. The van der Waals surface area contributed by atoms with E-state index in [4.69, 9.17) is 4.74 Å². The van der Waals surface area contributed by atoms with Gasteiger partial charge in [-0.1, -0.05) is 18.2 Å². The number of rotatable bonds is 4. The highest BCUT2D eigenvalue weighted by atomic mass is 16.5. The molecular formula is C12H14N2O. The van der Waals surface area contributed by atoms with Crippen LogP contribution in [0.1, 0.15) is 12.2 Å². The fourth-order valence-corrected chi connectivity index (χ4v) is 1.51. The summed E-state index contributed by atoms with van der Waals surface area (Å²) in [5.41, 5.74) is 1.01. The number of hydrogen-bond donors (Lipinski definition) is 0. The molecule has 0 spiro atoms. The molecule has 3 heteroatoms. The van der Waals surface area contributed by atoms with Crippen LogP contribution in [0.15, 0.2) is 30.5 Å². The van der Waals surface area contributed by atoms with Crippen LogP contribution >= 0.6 is 0 Å². The predicted molar refractivity (Wildman–Crippen MR) is 59.7 cm³/mol. The number of fused-ring (bicyclic) bond motifs is 1. The second kappa shape index (κ2) is 4.84. The molecule has 0 unspecified atom stereocenters. The summed E-state index contributed by atoms with van der Waals surface area (Å²) in [5.74, 6) is 0.894. The SMILES string of the molecule is COCCCc1ncc2ccccc2n1. The molecule has 0 aliphatic rings. The Morgan fingerprint density at radius 2 is 2.13 bits per heavy atom. The van der Waals surface area contributed by atoms with E-state index in [1.165, 1.54) is 0 Å². The zero-order valence-electron chi connectivity index (χ0n) is 8.81. The van der Waals surface area contributed by atoms with Crippen molar-refractivity contribution in [2.45, 2.75) is 12.8 Å². The molecule has 2 aromatic rings. The van der Waals surface area contributed by atoms with Gasteiger partial charge in [-0.05, 0) is 12.5 Å². The monoisotopic (exact) mass is 202 g/mol. The average molecular weight is 202 g/mol. The van der Waals surface area contributed by atoms with E-state index < -0.39 is 0 Å². The topological polar surface area (TPSA) is 35.0 Å². The number of benzene rings is 1. The fraction of sp³-hybridized carbons (Fsp3) is 0.333. The third-order valence-electron chi connectivity index (χ3n) is 2.29. The van der Waals surface area contributed by atoms with Crippen molar-refractivity contribution in [1.29, 1.82) is 0 Å². The second-order valence-electron chi connectivity index (χ2n) is 3.44. The Morgan fingerprint density at radius 1 is 1.27 bits per heavy atom. The number of hydrogen-bond acceptors (Lipinski definition) is 3. The van der Waals surface area contributed by atoms with E-state index in [1.807, 2.05) is 30.5 Å². The summed E-state index contributed by atoms with van der Waals surface area (Å²) in [6.45, 7) is 0.760. The molecule has 1 heterocycles. The summed E-state index contributed by atoms with van der Waals surface area (Å²) in [6, 6.07) is 8.02. The quantitative estimate of drug-likeness (QED) is 0.713. The first-order valence-electron chi connectivity index (χ1n) is 5.10. The molecule has 2 rings (SSSR count). The summed E-state index contributed by atoms with van der Waals surface area (Å²) in [5, 5.41) is 1.09. The minimum absolute atomic E-state index is 0.760. The molecule has 78 valence electrons. The maximum atomic E-state index is 5.00. The summed E-state index contributed by atoms with van der Waals surface area (Å²) >= 11 is 0. The van der Waals surface area contributed by atoms with Gasteiger partial charge in [0, 0.05) is 31.7 Å². The van der Waals surface area contributed by atoms with Crippen molar-refractivity contribution >= 4 is 10.9 Å². The summed E-state index contributed by atoms with van der Waals surface area (Å²) in [4.78, 5) is 8.79. The summed E-state index contributed by atoms with van der Waals surface area (Å²) in [7, 11) is 1.71. The van der Waals surface area contributed by atoms with Gasteiger partial charge < -0.3 is 4.74 Å². The number of methoxy groups -OCH3 is 1. The van der Waals surface area contributed by atoms with Gasteiger partial charge in [-0.25, -0.2) is 9.97 Å². The molecular weight excluding hydrogens is 188 g/mol. The van der Waals surface area contributed by atoms with Gasteiger partial charge in [0.2, 0.25) is 0 Å². The van der Waals surface area contributed by atoms with E-state index in [2.05, 4.69) is 9.97 Å². The predicted octanol–water partition coefficient (Wildman–Crippen LogP) is 2.21. The molecule has 15 heavy (non-hydrogen) atoms. The Hall–Kier alpha value is -1.48. The summed E-state index contributed by atoms with van der Waals surface area (Å²) in [6.07, 6.45) is 3.72. The number of aromatic nitrogens is 2. The molecule has 0 N–H and O–H groups in total. The van der Waals surface area contributed by atoms with E-state index in [0.717, 1.165) is 36.2 Å². The van der Waals surface area contributed by atoms with Crippen molar-refractivity contribution < 1.29 is 4.74 Å². The molecule has 0 fully saturated rings. The lowest BCUT2D eigenvalue weighted by Crippen LogP contribution is -1.98. The minimum Gasteiger partial charge on any atom is -0.385 e. The third-order valence-corrected chi connectivity index (χ3v) is 2.29. The van der Waals surface area contributed by atoms with Gasteiger partial charge in [0.1, 0.15) is 5.82 Å². The van der Waals surface area contributed by atoms with Crippen LogP contribution in [0, 0.1) is 0 Å². The molecule has 0 saturated heterocycles. The Bertz CT molecular complexity index is 442. The van der Waals surface area contributed by atoms with Crippen LogP contribution < -0.4 is 0 Å². The van der Waals surface area contributed by atoms with E-state index in [1.54, 1.807) is 7.11 Å². The van der Waals surface area contributed by atoms with Crippen LogP contribution in [0.25, 0.3) is 10.9 Å². The van der Waals surface area contributed by atoms with Gasteiger partial charge in [-0.3, -0.25) is 0 Å². The smallest absolute Gasteiger partial charge is 0.129 e. The lowest BCUT2D eigenvalue weighted by Gasteiger charge is -2.01.